The van der Waals surface area contributed by atoms with Crippen molar-refractivity contribution in [1.29, 1.82) is 0 Å². The minimum absolute atomic E-state index is 0.253. The minimum Gasteiger partial charge on any atom is -0.342 e. The van der Waals surface area contributed by atoms with Gasteiger partial charge in [-0.25, -0.2) is 0 Å². The van der Waals surface area contributed by atoms with Crippen molar-refractivity contribution in [3.63, 3.8) is 0 Å². The summed E-state index contributed by atoms with van der Waals surface area (Å²) in [5.74, 6) is 1.48. The Hall–Kier alpha value is -2.44. The van der Waals surface area contributed by atoms with Crippen LogP contribution in [0.5, 0.6) is 0 Å². The summed E-state index contributed by atoms with van der Waals surface area (Å²) >= 11 is 0. The number of nitrogens with zero attached hydrogens (tertiary/aromatic N) is 3. The van der Waals surface area contributed by atoms with E-state index in [1.165, 1.54) is 6.07 Å². The zero-order valence-corrected chi connectivity index (χ0v) is 13.4. The van der Waals surface area contributed by atoms with E-state index in [1.807, 2.05) is 13.8 Å². The fourth-order valence-electron chi connectivity index (χ4n) is 2.97. The second-order valence-corrected chi connectivity index (χ2v) is 5.93. The summed E-state index contributed by atoms with van der Waals surface area (Å²) in [7, 11) is 0. The van der Waals surface area contributed by atoms with Crippen molar-refractivity contribution in [3.8, 4) is 0 Å². The number of aromatic amines is 1. The fourth-order valence-corrected chi connectivity index (χ4v) is 2.97. The number of pyridine rings is 1. The van der Waals surface area contributed by atoms with E-state index in [9.17, 15) is 9.59 Å². The number of carbonyl (C=O) groups excluding carboxylic acids is 1. The van der Waals surface area contributed by atoms with Crippen molar-refractivity contribution in [2.24, 2.45) is 0 Å². The van der Waals surface area contributed by atoms with Crippen LogP contribution in [-0.4, -0.2) is 25.7 Å². The molecule has 3 heterocycles. The molecule has 7 nitrogen and oxygen atoms in total. The van der Waals surface area contributed by atoms with E-state index in [-0.39, 0.29) is 17.5 Å². The molecule has 0 saturated heterocycles. The highest BCUT2D eigenvalue weighted by Gasteiger charge is 2.22. The Bertz CT molecular complexity index is 777. The number of aryl methyl sites for hydroxylation is 2. The zero-order chi connectivity index (χ0) is 16.4. The van der Waals surface area contributed by atoms with Crippen LogP contribution in [0.1, 0.15) is 60.4 Å². The molecule has 1 amide bonds. The van der Waals surface area contributed by atoms with E-state index in [0.29, 0.717) is 5.56 Å². The standard InChI is InChI=1S/C16H21N5O2/c1-3-5-12-8-11(9-14(22)18-12)16(23)17-10(2)15-20-19-13-6-4-7-21(13)15/h8-10H,3-7H2,1-2H3,(H,17,23)(H,18,22). The lowest BCUT2D eigenvalue weighted by Crippen LogP contribution is -2.29. The Morgan fingerprint density at radius 2 is 2.26 bits per heavy atom. The topological polar surface area (TPSA) is 92.7 Å². The molecule has 2 N–H and O–H groups in total. The molecule has 0 radical (unpaired) electrons. The highest BCUT2D eigenvalue weighted by atomic mass is 16.2. The van der Waals surface area contributed by atoms with Crippen LogP contribution in [0.4, 0.5) is 0 Å². The number of hydrogen-bond acceptors (Lipinski definition) is 4. The second kappa shape index (κ2) is 6.36. The third-order valence-corrected chi connectivity index (χ3v) is 4.05. The smallest absolute Gasteiger partial charge is 0.252 e. The summed E-state index contributed by atoms with van der Waals surface area (Å²) < 4.78 is 2.06. The molecule has 0 saturated carbocycles. The van der Waals surface area contributed by atoms with Gasteiger partial charge in [-0.2, -0.15) is 0 Å². The van der Waals surface area contributed by atoms with Gasteiger partial charge >= 0.3 is 0 Å². The SMILES string of the molecule is CCCc1cc(C(=O)NC(C)c2nnc3n2CCC3)cc(=O)[nH]1. The lowest BCUT2D eigenvalue weighted by Gasteiger charge is -2.14. The van der Waals surface area contributed by atoms with Crippen LogP contribution in [-0.2, 0) is 19.4 Å². The molecule has 0 spiro atoms. The normalized spacial score (nSPS) is 14.5. The van der Waals surface area contributed by atoms with Gasteiger partial charge in [0, 0.05) is 30.3 Å². The maximum absolute atomic E-state index is 12.4. The van der Waals surface area contributed by atoms with Gasteiger partial charge in [0.05, 0.1) is 6.04 Å². The van der Waals surface area contributed by atoms with Gasteiger partial charge in [0.15, 0.2) is 5.82 Å². The summed E-state index contributed by atoms with van der Waals surface area (Å²) in [5.41, 5.74) is 0.906. The van der Waals surface area contributed by atoms with Crippen LogP contribution < -0.4 is 10.9 Å². The van der Waals surface area contributed by atoms with Crippen molar-refractivity contribution >= 4 is 5.91 Å². The van der Waals surface area contributed by atoms with Gasteiger partial charge in [0.25, 0.3) is 5.91 Å². The summed E-state index contributed by atoms with van der Waals surface area (Å²) in [6.07, 6.45) is 3.64. The third kappa shape index (κ3) is 3.18. The van der Waals surface area contributed by atoms with Crippen LogP contribution >= 0.6 is 0 Å². The van der Waals surface area contributed by atoms with Crippen molar-refractivity contribution in [1.82, 2.24) is 25.1 Å². The number of aromatic nitrogens is 4. The van der Waals surface area contributed by atoms with Gasteiger partial charge in [-0.1, -0.05) is 13.3 Å². The molecule has 1 unspecified atom stereocenters. The molecule has 2 aromatic rings. The predicted octanol–water partition coefficient (Wildman–Crippen LogP) is 1.36. The summed E-state index contributed by atoms with van der Waals surface area (Å²) in [4.78, 5) is 26.9. The van der Waals surface area contributed by atoms with Crippen LogP contribution in [0.2, 0.25) is 0 Å². The second-order valence-electron chi connectivity index (χ2n) is 5.93. The third-order valence-electron chi connectivity index (χ3n) is 4.05. The molecule has 0 aliphatic carbocycles. The van der Waals surface area contributed by atoms with Gasteiger partial charge in [-0.3, -0.25) is 9.59 Å². The van der Waals surface area contributed by atoms with Crippen LogP contribution in [0, 0.1) is 0 Å². The molecule has 1 atom stereocenters. The van der Waals surface area contributed by atoms with Crippen molar-refractivity contribution in [2.75, 3.05) is 0 Å². The predicted molar refractivity (Wildman–Crippen MR) is 85.3 cm³/mol. The van der Waals surface area contributed by atoms with E-state index in [0.717, 1.165) is 49.6 Å². The van der Waals surface area contributed by atoms with E-state index >= 15 is 0 Å². The Morgan fingerprint density at radius 1 is 1.43 bits per heavy atom. The molecule has 1 aliphatic heterocycles. The van der Waals surface area contributed by atoms with E-state index in [4.69, 9.17) is 0 Å². The number of carbonyl (C=O) groups is 1. The van der Waals surface area contributed by atoms with Gasteiger partial charge < -0.3 is 14.9 Å². The fraction of sp³-hybridized carbons (Fsp3) is 0.500. The Labute approximate surface area is 134 Å². The van der Waals surface area contributed by atoms with E-state index in [2.05, 4.69) is 25.1 Å². The quantitative estimate of drug-likeness (QED) is 0.871. The molecule has 122 valence electrons. The van der Waals surface area contributed by atoms with Crippen molar-refractivity contribution in [2.45, 2.75) is 52.1 Å². The van der Waals surface area contributed by atoms with Crippen molar-refractivity contribution in [3.05, 3.63) is 45.4 Å². The van der Waals surface area contributed by atoms with Gasteiger partial charge in [0.1, 0.15) is 5.82 Å². The summed E-state index contributed by atoms with van der Waals surface area (Å²) in [6.45, 7) is 4.80. The first-order chi connectivity index (χ1) is 11.1. The van der Waals surface area contributed by atoms with E-state index in [1.54, 1.807) is 6.07 Å². The Kier molecular flexibility index (Phi) is 4.27. The average Bonchev–Trinajstić information content (AvgIpc) is 3.09. The minimum atomic E-state index is -0.267. The first-order valence-electron chi connectivity index (χ1n) is 8.04. The number of H-pyrrole nitrogens is 1. The monoisotopic (exact) mass is 315 g/mol. The van der Waals surface area contributed by atoms with E-state index < -0.39 is 0 Å². The first kappa shape index (κ1) is 15.5. The molecular weight excluding hydrogens is 294 g/mol. The largest absolute Gasteiger partial charge is 0.342 e. The van der Waals surface area contributed by atoms with Crippen LogP contribution in [0.15, 0.2) is 16.9 Å². The van der Waals surface area contributed by atoms with Crippen LogP contribution in [0.3, 0.4) is 0 Å². The Morgan fingerprint density at radius 3 is 3.04 bits per heavy atom. The first-order valence-corrected chi connectivity index (χ1v) is 8.04. The maximum atomic E-state index is 12.4. The summed E-state index contributed by atoms with van der Waals surface area (Å²) in [6, 6.07) is 2.81. The Balaban J connectivity index is 1.77. The van der Waals surface area contributed by atoms with Gasteiger partial charge in [0.2, 0.25) is 5.56 Å². The van der Waals surface area contributed by atoms with Crippen LogP contribution in [0.25, 0.3) is 0 Å². The molecule has 3 rings (SSSR count). The molecule has 0 bridgehead atoms. The number of amides is 1. The zero-order valence-electron chi connectivity index (χ0n) is 13.4. The number of nitrogens with one attached hydrogen (secondary N) is 2. The highest BCUT2D eigenvalue weighted by molar-refractivity contribution is 5.94. The molecule has 23 heavy (non-hydrogen) atoms. The molecular formula is C16H21N5O2. The van der Waals surface area contributed by atoms with Gasteiger partial charge in [-0.15, -0.1) is 10.2 Å². The maximum Gasteiger partial charge on any atom is 0.252 e. The highest BCUT2D eigenvalue weighted by Crippen LogP contribution is 2.19. The average molecular weight is 315 g/mol. The lowest BCUT2D eigenvalue weighted by molar-refractivity contribution is 0.0937. The molecule has 2 aromatic heterocycles. The molecule has 7 heteroatoms. The lowest BCUT2D eigenvalue weighted by atomic mass is 10.1. The number of fused-ring (bicyclic) bond motifs is 1. The summed E-state index contributed by atoms with van der Waals surface area (Å²) in [5, 5.41) is 11.2. The molecule has 0 fully saturated rings. The number of hydrogen-bond donors (Lipinski definition) is 2. The molecule has 1 aliphatic rings. The number of rotatable bonds is 5. The molecule has 0 aromatic carbocycles. The van der Waals surface area contributed by atoms with Gasteiger partial charge in [-0.05, 0) is 25.8 Å². The van der Waals surface area contributed by atoms with Crippen molar-refractivity contribution < 1.29 is 4.79 Å².